The van der Waals surface area contributed by atoms with Crippen LogP contribution in [0.1, 0.15) is 12.1 Å². The molecule has 2 aromatic heterocycles. The highest BCUT2D eigenvalue weighted by Crippen LogP contribution is 2.26. The molecule has 23 heavy (non-hydrogen) atoms. The Morgan fingerprint density at radius 3 is 2.74 bits per heavy atom. The molecule has 1 fully saturated rings. The first kappa shape index (κ1) is 16.0. The Morgan fingerprint density at radius 2 is 2.04 bits per heavy atom. The van der Waals surface area contributed by atoms with Gasteiger partial charge >= 0.3 is 0 Å². The summed E-state index contributed by atoms with van der Waals surface area (Å²) in [6.45, 7) is 1.05. The lowest BCUT2D eigenvalue weighted by Gasteiger charge is -2.20. The second-order valence-corrected chi connectivity index (χ2v) is 7.94. The minimum absolute atomic E-state index is 0.232. The van der Waals surface area contributed by atoms with E-state index < -0.39 is 10.2 Å². The Kier molecular flexibility index (Phi) is 4.42. The first-order valence-corrected chi connectivity index (χ1v) is 8.85. The lowest BCUT2D eigenvalue weighted by molar-refractivity contribution is 0.409. The second-order valence-electron chi connectivity index (χ2n) is 5.80. The van der Waals surface area contributed by atoms with Gasteiger partial charge < -0.3 is 4.98 Å². The Hall–Kier alpha value is -1.84. The maximum absolute atomic E-state index is 12.2. The number of nitrogens with zero attached hydrogens (tertiary/aromatic N) is 5. The van der Waals surface area contributed by atoms with E-state index in [1.165, 1.54) is 8.61 Å². The van der Waals surface area contributed by atoms with Crippen molar-refractivity contribution >= 4 is 10.2 Å². The van der Waals surface area contributed by atoms with Crippen LogP contribution in [-0.2, 0) is 16.6 Å². The van der Waals surface area contributed by atoms with E-state index in [4.69, 9.17) is 0 Å². The van der Waals surface area contributed by atoms with Crippen molar-refractivity contribution in [2.24, 2.45) is 5.92 Å². The third-order valence-corrected chi connectivity index (χ3v) is 5.92. The summed E-state index contributed by atoms with van der Waals surface area (Å²) in [5.41, 5.74) is 1.57. The normalized spacial score (nSPS) is 19.5. The van der Waals surface area contributed by atoms with Crippen molar-refractivity contribution < 1.29 is 8.42 Å². The predicted molar refractivity (Wildman–Crippen MR) is 85.6 cm³/mol. The summed E-state index contributed by atoms with van der Waals surface area (Å²) < 4.78 is 27.2. The van der Waals surface area contributed by atoms with Gasteiger partial charge in [0.05, 0.1) is 5.69 Å². The van der Waals surface area contributed by atoms with Gasteiger partial charge in [0.1, 0.15) is 5.69 Å². The molecular formula is C14H20N6O2S. The Labute approximate surface area is 135 Å². The van der Waals surface area contributed by atoms with Crippen LogP contribution in [-0.4, -0.2) is 64.1 Å². The van der Waals surface area contributed by atoms with Crippen molar-refractivity contribution in [1.29, 1.82) is 0 Å². The number of H-pyrrole nitrogens is 1. The highest BCUT2D eigenvalue weighted by atomic mass is 32.2. The molecule has 8 nitrogen and oxygen atoms in total. The molecule has 1 aliphatic rings. The minimum atomic E-state index is -3.34. The average molecular weight is 336 g/mol. The van der Waals surface area contributed by atoms with Crippen LogP contribution in [0, 0.1) is 5.92 Å². The van der Waals surface area contributed by atoms with Gasteiger partial charge in [-0.3, -0.25) is 4.98 Å². The zero-order valence-corrected chi connectivity index (χ0v) is 14.0. The maximum Gasteiger partial charge on any atom is 0.281 e. The molecule has 2 aromatic rings. The van der Waals surface area contributed by atoms with Crippen LogP contribution < -0.4 is 0 Å². The fraction of sp³-hybridized carbons (Fsp3) is 0.500. The topological polar surface area (TPSA) is 95.1 Å². The maximum atomic E-state index is 12.2. The molecule has 1 N–H and O–H groups in total. The van der Waals surface area contributed by atoms with Crippen molar-refractivity contribution in [1.82, 2.24) is 28.5 Å². The number of nitrogens with one attached hydrogen (secondary N) is 1. The fourth-order valence-electron chi connectivity index (χ4n) is 2.79. The number of imidazole rings is 1. The van der Waals surface area contributed by atoms with Crippen LogP contribution in [0.5, 0.6) is 0 Å². The monoisotopic (exact) mass is 336 g/mol. The first-order chi connectivity index (χ1) is 11.0. The van der Waals surface area contributed by atoms with Gasteiger partial charge in [0, 0.05) is 52.0 Å². The number of aromatic amines is 1. The molecule has 0 amide bonds. The third-order valence-electron chi connectivity index (χ3n) is 4.01. The van der Waals surface area contributed by atoms with Crippen LogP contribution in [0.3, 0.4) is 0 Å². The first-order valence-electron chi connectivity index (χ1n) is 7.45. The van der Waals surface area contributed by atoms with Gasteiger partial charge in [-0.25, -0.2) is 9.97 Å². The summed E-state index contributed by atoms with van der Waals surface area (Å²) in [6, 6.07) is 0. The van der Waals surface area contributed by atoms with Crippen LogP contribution in [0.15, 0.2) is 24.8 Å². The molecule has 1 atom stereocenters. The van der Waals surface area contributed by atoms with Crippen molar-refractivity contribution in [3.63, 3.8) is 0 Å². The molecular weight excluding hydrogens is 316 g/mol. The van der Waals surface area contributed by atoms with E-state index in [9.17, 15) is 8.42 Å². The van der Waals surface area contributed by atoms with Gasteiger partial charge in [-0.15, -0.1) is 0 Å². The molecule has 0 aliphatic carbocycles. The lowest BCUT2D eigenvalue weighted by Crippen LogP contribution is -2.38. The Morgan fingerprint density at radius 1 is 1.26 bits per heavy atom. The highest BCUT2D eigenvalue weighted by molar-refractivity contribution is 7.86. The highest BCUT2D eigenvalue weighted by Gasteiger charge is 2.33. The standard InChI is InChI=1S/C14H20N6O2S/c1-19(2)23(21,22)20-8-3-11(10-20)9-12-13(16-5-4-15-12)14-17-6-7-18-14/h4-7,11H,3,8-10H2,1-2H3,(H,17,18). The van der Waals surface area contributed by atoms with Gasteiger partial charge in [-0.2, -0.15) is 17.0 Å². The molecule has 1 saturated heterocycles. The summed E-state index contributed by atoms with van der Waals surface area (Å²) in [5.74, 6) is 0.916. The number of hydrogen-bond donors (Lipinski definition) is 1. The fourth-order valence-corrected chi connectivity index (χ4v) is 3.98. The van der Waals surface area contributed by atoms with Crippen molar-refractivity contribution in [3.8, 4) is 11.5 Å². The van der Waals surface area contributed by atoms with Gasteiger partial charge in [0.15, 0.2) is 5.82 Å². The van der Waals surface area contributed by atoms with Crippen molar-refractivity contribution in [3.05, 3.63) is 30.5 Å². The van der Waals surface area contributed by atoms with Crippen molar-refractivity contribution in [2.75, 3.05) is 27.2 Å². The van der Waals surface area contributed by atoms with Crippen LogP contribution in [0.25, 0.3) is 11.5 Å². The van der Waals surface area contributed by atoms with E-state index >= 15 is 0 Å². The molecule has 3 heterocycles. The zero-order chi connectivity index (χ0) is 16.4. The number of aromatic nitrogens is 4. The van der Waals surface area contributed by atoms with Gasteiger partial charge in [0.25, 0.3) is 10.2 Å². The molecule has 124 valence electrons. The van der Waals surface area contributed by atoms with Crippen LogP contribution in [0.4, 0.5) is 0 Å². The zero-order valence-electron chi connectivity index (χ0n) is 13.2. The lowest BCUT2D eigenvalue weighted by atomic mass is 10.0. The molecule has 9 heteroatoms. The summed E-state index contributed by atoms with van der Waals surface area (Å²) in [7, 11) is -0.231. The summed E-state index contributed by atoms with van der Waals surface area (Å²) in [5, 5.41) is 0. The summed E-state index contributed by atoms with van der Waals surface area (Å²) >= 11 is 0. The quantitative estimate of drug-likeness (QED) is 0.860. The van der Waals surface area contributed by atoms with Crippen molar-refractivity contribution in [2.45, 2.75) is 12.8 Å². The predicted octanol–water partition coefficient (Wildman–Crippen LogP) is 0.537. The second kappa shape index (κ2) is 6.34. The van der Waals surface area contributed by atoms with Gasteiger partial charge in [-0.1, -0.05) is 0 Å². The minimum Gasteiger partial charge on any atom is -0.343 e. The largest absolute Gasteiger partial charge is 0.343 e. The third kappa shape index (κ3) is 3.26. The smallest absolute Gasteiger partial charge is 0.281 e. The van der Waals surface area contributed by atoms with E-state index in [2.05, 4.69) is 19.9 Å². The van der Waals surface area contributed by atoms with E-state index in [0.717, 1.165) is 17.8 Å². The van der Waals surface area contributed by atoms with Crippen LogP contribution in [0.2, 0.25) is 0 Å². The van der Waals surface area contributed by atoms with Crippen LogP contribution >= 0.6 is 0 Å². The van der Waals surface area contributed by atoms with E-state index in [-0.39, 0.29) is 5.92 Å². The molecule has 1 aliphatic heterocycles. The molecule has 0 bridgehead atoms. The molecule has 0 saturated carbocycles. The summed E-state index contributed by atoms with van der Waals surface area (Å²) in [4.78, 5) is 16.1. The molecule has 3 rings (SSSR count). The Balaban J connectivity index is 1.75. The average Bonchev–Trinajstić information content (AvgIpc) is 3.19. The van der Waals surface area contributed by atoms with E-state index in [1.807, 2.05) is 0 Å². The van der Waals surface area contributed by atoms with E-state index in [0.29, 0.717) is 25.3 Å². The Bertz CT molecular complexity index is 759. The molecule has 0 aromatic carbocycles. The summed E-state index contributed by atoms with van der Waals surface area (Å²) in [6.07, 6.45) is 8.22. The number of hydrogen-bond acceptors (Lipinski definition) is 5. The van der Waals surface area contributed by atoms with Gasteiger partial charge in [-0.05, 0) is 18.8 Å². The van der Waals surface area contributed by atoms with E-state index in [1.54, 1.807) is 38.9 Å². The molecule has 0 spiro atoms. The number of rotatable bonds is 5. The van der Waals surface area contributed by atoms with Gasteiger partial charge in [0.2, 0.25) is 0 Å². The SMILES string of the molecule is CN(C)S(=O)(=O)N1CCC(Cc2nccnc2-c2ncc[nH]2)C1. The molecule has 1 unspecified atom stereocenters. The molecule has 0 radical (unpaired) electrons.